The first-order valence-electron chi connectivity index (χ1n) is 8.06. The molecule has 4 nitrogen and oxygen atoms in total. The van der Waals surface area contributed by atoms with Crippen LogP contribution in [0.3, 0.4) is 0 Å². The molecule has 25 heavy (non-hydrogen) atoms. The molecular weight excluding hydrogens is 446 g/mol. The Morgan fingerprint density at radius 3 is 2.44 bits per heavy atom. The van der Waals surface area contributed by atoms with Crippen molar-refractivity contribution in [1.29, 1.82) is 0 Å². The van der Waals surface area contributed by atoms with Crippen molar-refractivity contribution >= 4 is 29.9 Å². The van der Waals surface area contributed by atoms with E-state index in [1.165, 1.54) is 25.0 Å². The van der Waals surface area contributed by atoms with Crippen molar-refractivity contribution in [1.82, 2.24) is 10.2 Å². The van der Waals surface area contributed by atoms with Crippen LogP contribution in [0.15, 0.2) is 29.3 Å². The lowest BCUT2D eigenvalue weighted by atomic mass is 10.1. The lowest BCUT2D eigenvalue weighted by molar-refractivity contribution is -0.137. The van der Waals surface area contributed by atoms with Crippen LogP contribution in [0.4, 0.5) is 13.2 Å². The summed E-state index contributed by atoms with van der Waals surface area (Å²) in [6.07, 6.45) is -1.77. The Balaban J connectivity index is 0.00000312. The fourth-order valence-electron chi connectivity index (χ4n) is 2.30. The Hall–Kier alpha value is -1.03. The predicted octanol–water partition coefficient (Wildman–Crippen LogP) is 3.76. The van der Waals surface area contributed by atoms with Gasteiger partial charge in [0.05, 0.1) is 12.2 Å². The van der Waals surface area contributed by atoms with Crippen LogP contribution >= 0.6 is 24.0 Å². The first-order valence-corrected chi connectivity index (χ1v) is 8.06. The first kappa shape index (κ1) is 22.0. The second-order valence-electron chi connectivity index (χ2n) is 6.04. The average molecular weight is 471 g/mol. The number of aliphatic imine (C=N–C) groups is 1. The van der Waals surface area contributed by atoms with E-state index in [0.717, 1.165) is 30.2 Å². The zero-order valence-electron chi connectivity index (χ0n) is 14.5. The van der Waals surface area contributed by atoms with Gasteiger partial charge in [-0.3, -0.25) is 4.99 Å². The molecule has 0 aliphatic heterocycles. The fourth-order valence-corrected chi connectivity index (χ4v) is 2.30. The van der Waals surface area contributed by atoms with Crippen LogP contribution in [0.2, 0.25) is 0 Å². The predicted molar refractivity (Wildman–Crippen MR) is 103 cm³/mol. The summed E-state index contributed by atoms with van der Waals surface area (Å²) in [5.74, 6) is 1.43. The second-order valence-corrected chi connectivity index (χ2v) is 6.04. The molecule has 0 aromatic heterocycles. The molecule has 0 atom stereocenters. The van der Waals surface area contributed by atoms with E-state index in [2.05, 4.69) is 10.3 Å². The van der Waals surface area contributed by atoms with Gasteiger partial charge < -0.3 is 15.0 Å². The number of hydrogen-bond donors (Lipinski definition) is 1. The number of benzene rings is 1. The largest absolute Gasteiger partial charge is 0.416 e. The van der Waals surface area contributed by atoms with Gasteiger partial charge in [0.1, 0.15) is 0 Å². The van der Waals surface area contributed by atoms with Crippen molar-refractivity contribution in [2.75, 3.05) is 33.9 Å². The molecule has 0 heterocycles. The van der Waals surface area contributed by atoms with Crippen LogP contribution in [0.5, 0.6) is 0 Å². The van der Waals surface area contributed by atoms with Crippen molar-refractivity contribution < 1.29 is 17.9 Å². The van der Waals surface area contributed by atoms with E-state index in [4.69, 9.17) is 4.74 Å². The summed E-state index contributed by atoms with van der Waals surface area (Å²) >= 11 is 0. The van der Waals surface area contributed by atoms with Crippen molar-refractivity contribution in [2.45, 2.75) is 25.6 Å². The highest BCUT2D eigenvalue weighted by atomic mass is 127. The molecule has 1 aromatic rings. The van der Waals surface area contributed by atoms with Gasteiger partial charge in [-0.15, -0.1) is 24.0 Å². The lowest BCUT2D eigenvalue weighted by Crippen LogP contribution is -2.40. The van der Waals surface area contributed by atoms with E-state index in [0.29, 0.717) is 25.7 Å². The Morgan fingerprint density at radius 1 is 1.28 bits per heavy atom. The third-order valence-corrected chi connectivity index (χ3v) is 3.85. The smallest absolute Gasteiger partial charge is 0.379 e. The molecule has 1 N–H and O–H groups in total. The van der Waals surface area contributed by atoms with Gasteiger partial charge >= 0.3 is 6.18 Å². The van der Waals surface area contributed by atoms with Gasteiger partial charge in [0.15, 0.2) is 5.96 Å². The highest BCUT2D eigenvalue weighted by molar-refractivity contribution is 14.0. The van der Waals surface area contributed by atoms with E-state index in [-0.39, 0.29) is 24.0 Å². The third-order valence-electron chi connectivity index (χ3n) is 3.85. The normalized spacial score (nSPS) is 14.8. The third kappa shape index (κ3) is 7.81. The second kappa shape index (κ2) is 10.2. The summed E-state index contributed by atoms with van der Waals surface area (Å²) in [6.45, 7) is 2.56. The number of alkyl halides is 3. The number of hydrogen-bond acceptors (Lipinski definition) is 2. The zero-order chi connectivity index (χ0) is 17.6. The number of nitrogens with zero attached hydrogens (tertiary/aromatic N) is 2. The van der Waals surface area contributed by atoms with Crippen LogP contribution in [-0.2, 0) is 17.5 Å². The molecule has 1 aliphatic carbocycles. The molecule has 0 saturated heterocycles. The maximum Gasteiger partial charge on any atom is 0.416 e. The monoisotopic (exact) mass is 471 g/mol. The summed E-state index contributed by atoms with van der Waals surface area (Å²) in [6, 6.07) is 5.19. The van der Waals surface area contributed by atoms with E-state index >= 15 is 0 Å². The SMILES string of the molecule is CN=C(NCCOCC1CC1)N(C)Cc1ccc(C(F)(F)F)cc1.I. The summed E-state index contributed by atoms with van der Waals surface area (Å²) in [5, 5.41) is 3.19. The van der Waals surface area contributed by atoms with Crippen LogP contribution in [0.25, 0.3) is 0 Å². The molecule has 1 aliphatic rings. The summed E-state index contributed by atoms with van der Waals surface area (Å²) in [5.41, 5.74) is 0.155. The maximum atomic E-state index is 12.6. The number of nitrogens with one attached hydrogen (secondary N) is 1. The minimum Gasteiger partial charge on any atom is -0.379 e. The van der Waals surface area contributed by atoms with Gasteiger partial charge in [0.25, 0.3) is 0 Å². The first-order chi connectivity index (χ1) is 11.4. The van der Waals surface area contributed by atoms with E-state index in [1.54, 1.807) is 7.05 Å². The van der Waals surface area contributed by atoms with Gasteiger partial charge in [-0.05, 0) is 36.5 Å². The number of ether oxygens (including phenoxy) is 1. The molecule has 0 amide bonds. The minimum atomic E-state index is -4.30. The van der Waals surface area contributed by atoms with Crippen LogP contribution < -0.4 is 5.32 Å². The summed E-state index contributed by atoms with van der Waals surface area (Å²) in [4.78, 5) is 6.05. The molecule has 0 radical (unpaired) electrons. The molecule has 142 valence electrons. The van der Waals surface area contributed by atoms with E-state index in [1.807, 2.05) is 11.9 Å². The van der Waals surface area contributed by atoms with Crippen LogP contribution in [0.1, 0.15) is 24.0 Å². The maximum absolute atomic E-state index is 12.6. The molecule has 0 spiro atoms. The summed E-state index contributed by atoms with van der Waals surface area (Å²) in [7, 11) is 3.52. The molecule has 0 unspecified atom stereocenters. The Kier molecular flexibility index (Phi) is 8.98. The van der Waals surface area contributed by atoms with Gasteiger partial charge in [-0.25, -0.2) is 0 Å². The number of guanidine groups is 1. The van der Waals surface area contributed by atoms with Crippen molar-refractivity contribution in [2.24, 2.45) is 10.9 Å². The number of rotatable bonds is 7. The minimum absolute atomic E-state index is 0. The Morgan fingerprint density at radius 2 is 1.92 bits per heavy atom. The van der Waals surface area contributed by atoms with Gasteiger partial charge in [-0.2, -0.15) is 13.2 Å². The highest BCUT2D eigenvalue weighted by Crippen LogP contribution is 2.29. The molecule has 8 heteroatoms. The molecule has 1 aromatic carbocycles. The summed E-state index contributed by atoms with van der Waals surface area (Å²) < 4.78 is 43.3. The Bertz CT molecular complexity index is 545. The van der Waals surface area contributed by atoms with Crippen LogP contribution in [0, 0.1) is 5.92 Å². The zero-order valence-corrected chi connectivity index (χ0v) is 16.8. The molecule has 2 rings (SSSR count). The van der Waals surface area contributed by atoms with Crippen molar-refractivity contribution in [3.8, 4) is 0 Å². The average Bonchev–Trinajstić information content (AvgIpc) is 3.34. The molecule has 1 saturated carbocycles. The molecule has 0 bridgehead atoms. The van der Waals surface area contributed by atoms with Crippen molar-refractivity contribution in [3.05, 3.63) is 35.4 Å². The van der Waals surface area contributed by atoms with E-state index < -0.39 is 11.7 Å². The van der Waals surface area contributed by atoms with Gasteiger partial charge in [0, 0.05) is 33.8 Å². The van der Waals surface area contributed by atoms with Crippen molar-refractivity contribution in [3.63, 3.8) is 0 Å². The fraction of sp³-hybridized carbons (Fsp3) is 0.588. The van der Waals surface area contributed by atoms with Gasteiger partial charge in [0.2, 0.25) is 0 Å². The topological polar surface area (TPSA) is 36.9 Å². The quantitative estimate of drug-likeness (QED) is 0.285. The highest BCUT2D eigenvalue weighted by Gasteiger charge is 2.29. The molecule has 1 fully saturated rings. The van der Waals surface area contributed by atoms with E-state index in [9.17, 15) is 13.2 Å². The number of halogens is 4. The Labute approximate surface area is 163 Å². The molecular formula is C17H25F3IN3O. The standard InChI is InChI=1S/C17H24F3N3O.HI/c1-21-16(22-9-10-24-12-14-3-4-14)23(2)11-13-5-7-15(8-6-13)17(18,19)20;/h5-8,14H,3-4,9-12H2,1-2H3,(H,21,22);1H. The lowest BCUT2D eigenvalue weighted by Gasteiger charge is -2.22. The van der Waals surface area contributed by atoms with Crippen LogP contribution in [-0.4, -0.2) is 44.7 Å². The van der Waals surface area contributed by atoms with Gasteiger partial charge in [-0.1, -0.05) is 12.1 Å².